The van der Waals surface area contributed by atoms with Crippen molar-refractivity contribution in [3.8, 4) is 0 Å². The summed E-state index contributed by atoms with van der Waals surface area (Å²) in [6, 6.07) is 6.28. The molecule has 23 heavy (non-hydrogen) atoms. The van der Waals surface area contributed by atoms with Gasteiger partial charge in [0.1, 0.15) is 11.1 Å². The minimum Gasteiger partial charge on any atom is -0.469 e. The number of nitrogens with zero attached hydrogens (tertiary/aromatic N) is 1. The Kier molecular flexibility index (Phi) is 4.09. The Bertz CT molecular complexity index is 844. The normalized spacial score (nSPS) is 17.5. The molecule has 1 saturated heterocycles. The van der Waals surface area contributed by atoms with Crippen LogP contribution < -0.4 is 5.63 Å². The molecule has 3 rings (SSSR count). The highest BCUT2D eigenvalue weighted by Gasteiger charge is 2.33. The molecule has 1 aromatic carbocycles. The van der Waals surface area contributed by atoms with Crippen molar-refractivity contribution < 1.29 is 18.7 Å². The van der Waals surface area contributed by atoms with Gasteiger partial charge in [-0.1, -0.05) is 11.6 Å². The molecule has 0 bridgehead atoms. The first-order valence-electron chi connectivity index (χ1n) is 7.10. The molecule has 7 heteroatoms. The number of likely N-dealkylation sites (tertiary alicyclic amines) is 1. The maximum Gasteiger partial charge on any atom is 0.349 e. The number of ether oxygens (including phenoxy) is 1. The van der Waals surface area contributed by atoms with Crippen LogP contribution in [0.4, 0.5) is 0 Å². The van der Waals surface area contributed by atoms with Gasteiger partial charge >= 0.3 is 11.6 Å². The first-order chi connectivity index (χ1) is 11.0. The Morgan fingerprint density at radius 2 is 2.13 bits per heavy atom. The molecule has 1 fully saturated rings. The second-order valence-electron chi connectivity index (χ2n) is 5.39. The summed E-state index contributed by atoms with van der Waals surface area (Å²) in [7, 11) is 1.31. The Hall–Kier alpha value is -2.34. The number of hydrogen-bond donors (Lipinski definition) is 0. The molecule has 0 N–H and O–H groups in total. The Morgan fingerprint density at radius 1 is 1.35 bits per heavy atom. The van der Waals surface area contributed by atoms with Gasteiger partial charge in [-0.2, -0.15) is 0 Å². The molecule has 1 amide bonds. The maximum atomic E-state index is 12.5. The minimum absolute atomic E-state index is 0.0646. The number of carbonyl (C=O) groups excluding carboxylic acids is 2. The van der Waals surface area contributed by atoms with E-state index in [2.05, 4.69) is 0 Å². The number of amides is 1. The lowest BCUT2D eigenvalue weighted by Crippen LogP contribution is -2.33. The zero-order chi connectivity index (χ0) is 16.6. The standard InChI is InChI=1S/C16H14ClNO5/c1-22-15(20)9-4-5-18(8-9)14(19)12-7-10-6-11(17)2-3-13(10)23-16(12)21/h2-3,6-7,9H,4-5,8H2,1H3. The lowest BCUT2D eigenvalue weighted by molar-refractivity contribution is -0.144. The van der Waals surface area contributed by atoms with Gasteiger partial charge in [-0.05, 0) is 30.7 Å². The van der Waals surface area contributed by atoms with E-state index in [1.807, 2.05) is 0 Å². The quantitative estimate of drug-likeness (QED) is 0.620. The SMILES string of the molecule is COC(=O)C1CCN(C(=O)c2cc3cc(Cl)ccc3oc2=O)C1. The van der Waals surface area contributed by atoms with Crippen molar-refractivity contribution >= 4 is 34.4 Å². The van der Waals surface area contributed by atoms with Crippen molar-refractivity contribution in [1.29, 1.82) is 0 Å². The summed E-state index contributed by atoms with van der Waals surface area (Å²) in [5, 5.41) is 1.06. The molecule has 0 radical (unpaired) electrons. The molecule has 120 valence electrons. The summed E-state index contributed by atoms with van der Waals surface area (Å²) < 4.78 is 9.86. The van der Waals surface area contributed by atoms with E-state index in [0.29, 0.717) is 29.0 Å². The highest BCUT2D eigenvalue weighted by molar-refractivity contribution is 6.31. The Labute approximate surface area is 136 Å². The summed E-state index contributed by atoms with van der Waals surface area (Å²) in [5.74, 6) is -1.16. The first kappa shape index (κ1) is 15.6. The first-order valence-corrected chi connectivity index (χ1v) is 7.48. The van der Waals surface area contributed by atoms with Gasteiger partial charge in [0.2, 0.25) is 0 Å². The van der Waals surface area contributed by atoms with Crippen LogP contribution in [0.5, 0.6) is 0 Å². The second kappa shape index (κ2) is 6.04. The number of benzene rings is 1. The highest BCUT2D eigenvalue weighted by Crippen LogP contribution is 2.22. The Balaban J connectivity index is 1.91. The number of methoxy groups -OCH3 is 1. The van der Waals surface area contributed by atoms with E-state index in [1.165, 1.54) is 18.1 Å². The van der Waals surface area contributed by atoms with E-state index in [1.54, 1.807) is 18.2 Å². The lowest BCUT2D eigenvalue weighted by atomic mass is 10.1. The monoisotopic (exact) mass is 335 g/mol. The third-order valence-corrected chi connectivity index (χ3v) is 4.17. The fourth-order valence-corrected chi connectivity index (χ4v) is 2.90. The number of halogens is 1. The zero-order valence-electron chi connectivity index (χ0n) is 12.4. The van der Waals surface area contributed by atoms with Crippen LogP contribution in [-0.4, -0.2) is 37.0 Å². The molecular weight excluding hydrogens is 322 g/mol. The van der Waals surface area contributed by atoms with Gasteiger partial charge < -0.3 is 14.1 Å². The zero-order valence-corrected chi connectivity index (χ0v) is 13.1. The van der Waals surface area contributed by atoms with Crippen LogP contribution in [0.3, 0.4) is 0 Å². The second-order valence-corrected chi connectivity index (χ2v) is 5.83. The molecule has 2 heterocycles. The van der Waals surface area contributed by atoms with E-state index in [0.717, 1.165) is 0 Å². The average molecular weight is 336 g/mol. The van der Waals surface area contributed by atoms with Crippen LogP contribution in [0.15, 0.2) is 33.5 Å². The van der Waals surface area contributed by atoms with Crippen molar-refractivity contribution in [3.05, 3.63) is 45.3 Å². The van der Waals surface area contributed by atoms with Gasteiger partial charge in [0.05, 0.1) is 13.0 Å². The smallest absolute Gasteiger partial charge is 0.349 e. The van der Waals surface area contributed by atoms with Crippen molar-refractivity contribution in [1.82, 2.24) is 4.90 Å². The molecule has 1 atom stereocenters. The number of fused-ring (bicyclic) bond motifs is 1. The fourth-order valence-electron chi connectivity index (χ4n) is 2.72. The molecule has 0 saturated carbocycles. The van der Waals surface area contributed by atoms with Crippen molar-refractivity contribution in [2.24, 2.45) is 5.92 Å². The topological polar surface area (TPSA) is 76.8 Å². The lowest BCUT2D eigenvalue weighted by Gasteiger charge is -2.15. The van der Waals surface area contributed by atoms with E-state index in [-0.39, 0.29) is 24.0 Å². The van der Waals surface area contributed by atoms with Gasteiger partial charge in [-0.15, -0.1) is 0 Å². The van der Waals surface area contributed by atoms with Crippen molar-refractivity contribution in [2.75, 3.05) is 20.2 Å². The molecule has 1 aliphatic rings. The van der Waals surface area contributed by atoms with E-state index >= 15 is 0 Å². The molecule has 1 aliphatic heterocycles. The number of carbonyl (C=O) groups is 2. The van der Waals surface area contributed by atoms with E-state index in [4.69, 9.17) is 20.8 Å². The summed E-state index contributed by atoms with van der Waals surface area (Å²) in [6.45, 7) is 0.629. The molecule has 1 unspecified atom stereocenters. The van der Waals surface area contributed by atoms with Crippen molar-refractivity contribution in [2.45, 2.75) is 6.42 Å². The van der Waals surface area contributed by atoms with E-state index < -0.39 is 11.5 Å². The van der Waals surface area contributed by atoms with Gasteiger partial charge in [-0.3, -0.25) is 9.59 Å². The van der Waals surface area contributed by atoms with Gasteiger partial charge in [0.15, 0.2) is 0 Å². The summed E-state index contributed by atoms with van der Waals surface area (Å²) in [5.41, 5.74) is -0.401. The Morgan fingerprint density at radius 3 is 2.87 bits per heavy atom. The maximum absolute atomic E-state index is 12.5. The molecule has 2 aromatic rings. The fraction of sp³-hybridized carbons (Fsp3) is 0.312. The van der Waals surface area contributed by atoms with Crippen LogP contribution in [0, 0.1) is 5.92 Å². The van der Waals surface area contributed by atoms with Gasteiger partial charge in [-0.25, -0.2) is 4.79 Å². The summed E-state index contributed by atoms with van der Waals surface area (Å²) in [4.78, 5) is 37.6. The van der Waals surface area contributed by atoms with Crippen LogP contribution in [0.1, 0.15) is 16.8 Å². The summed E-state index contributed by atoms with van der Waals surface area (Å²) >= 11 is 5.92. The van der Waals surface area contributed by atoms with Crippen LogP contribution in [0.25, 0.3) is 11.0 Å². The molecule has 6 nitrogen and oxygen atoms in total. The van der Waals surface area contributed by atoms with Gasteiger partial charge in [0.25, 0.3) is 5.91 Å². The van der Waals surface area contributed by atoms with Crippen LogP contribution >= 0.6 is 11.6 Å². The average Bonchev–Trinajstić information content (AvgIpc) is 3.03. The van der Waals surface area contributed by atoms with E-state index in [9.17, 15) is 14.4 Å². The minimum atomic E-state index is -0.702. The highest BCUT2D eigenvalue weighted by atomic mass is 35.5. The third-order valence-electron chi connectivity index (χ3n) is 3.93. The third kappa shape index (κ3) is 2.94. The number of hydrogen-bond acceptors (Lipinski definition) is 5. The molecule has 1 aromatic heterocycles. The molecular formula is C16H14ClNO5. The molecule has 0 aliphatic carbocycles. The number of rotatable bonds is 2. The molecule has 0 spiro atoms. The predicted molar refractivity (Wildman–Crippen MR) is 83.5 cm³/mol. The van der Waals surface area contributed by atoms with Crippen LogP contribution in [0.2, 0.25) is 5.02 Å². The van der Waals surface area contributed by atoms with Gasteiger partial charge in [0, 0.05) is 23.5 Å². The number of esters is 1. The summed E-state index contributed by atoms with van der Waals surface area (Å²) in [6.07, 6.45) is 0.517. The van der Waals surface area contributed by atoms with Crippen molar-refractivity contribution in [3.63, 3.8) is 0 Å². The van der Waals surface area contributed by atoms with Crippen LogP contribution in [-0.2, 0) is 9.53 Å². The largest absolute Gasteiger partial charge is 0.469 e. The predicted octanol–water partition coefficient (Wildman–Crippen LogP) is 2.08.